The van der Waals surface area contributed by atoms with Crippen LogP contribution in [-0.2, 0) is 9.84 Å². The predicted octanol–water partition coefficient (Wildman–Crippen LogP) is 7.07. The lowest BCUT2D eigenvalue weighted by atomic mass is 9.60. The third-order valence-electron chi connectivity index (χ3n) is 7.80. The Morgan fingerprint density at radius 1 is 1.00 bits per heavy atom. The summed E-state index contributed by atoms with van der Waals surface area (Å²) in [5.41, 5.74) is 4.94. The number of sulfone groups is 1. The van der Waals surface area contributed by atoms with E-state index >= 15 is 0 Å². The van der Waals surface area contributed by atoms with Gasteiger partial charge in [-0.2, -0.15) is 0 Å². The molecular formula is C26H40O2S. The van der Waals surface area contributed by atoms with Gasteiger partial charge in [0.05, 0.1) is 10.6 Å². The second-order valence-corrected chi connectivity index (χ2v) is 13.0. The Morgan fingerprint density at radius 3 is 1.86 bits per heavy atom. The van der Waals surface area contributed by atoms with E-state index in [4.69, 9.17) is 0 Å². The molecule has 0 heterocycles. The van der Waals surface area contributed by atoms with Crippen molar-refractivity contribution >= 4 is 9.84 Å². The van der Waals surface area contributed by atoms with Crippen LogP contribution in [0, 0.1) is 23.2 Å². The average molecular weight is 417 g/mol. The van der Waals surface area contributed by atoms with Crippen LogP contribution in [0.1, 0.15) is 103 Å². The summed E-state index contributed by atoms with van der Waals surface area (Å²) < 4.78 is 27.3. The van der Waals surface area contributed by atoms with Crippen molar-refractivity contribution in [3.05, 3.63) is 40.5 Å². The third kappa shape index (κ3) is 3.73. The van der Waals surface area contributed by atoms with Crippen molar-refractivity contribution in [3.63, 3.8) is 0 Å². The van der Waals surface area contributed by atoms with Gasteiger partial charge < -0.3 is 0 Å². The molecule has 0 radical (unpaired) electrons. The summed E-state index contributed by atoms with van der Waals surface area (Å²) in [5.74, 6) is 2.67. The first-order valence-corrected chi connectivity index (χ1v) is 13.0. The van der Waals surface area contributed by atoms with Crippen LogP contribution in [-0.4, -0.2) is 14.2 Å². The van der Waals surface area contributed by atoms with Crippen LogP contribution in [0.5, 0.6) is 0 Å². The maximum atomic E-state index is 13.7. The van der Waals surface area contributed by atoms with Gasteiger partial charge in [0.25, 0.3) is 0 Å². The Balaban J connectivity index is 2.06. The minimum Gasteiger partial charge on any atom is -0.223 e. The highest BCUT2D eigenvalue weighted by Crippen LogP contribution is 2.67. The highest BCUT2D eigenvalue weighted by Gasteiger charge is 2.59. The van der Waals surface area contributed by atoms with Gasteiger partial charge in [0.2, 0.25) is 0 Å². The number of rotatable bonds is 6. The first kappa shape index (κ1) is 22.6. The smallest absolute Gasteiger partial charge is 0.182 e. The van der Waals surface area contributed by atoms with E-state index in [-0.39, 0.29) is 17.6 Å². The summed E-state index contributed by atoms with van der Waals surface area (Å²) in [6.07, 6.45) is 3.31. The van der Waals surface area contributed by atoms with Crippen molar-refractivity contribution < 1.29 is 8.42 Å². The van der Waals surface area contributed by atoms with Gasteiger partial charge in [-0.1, -0.05) is 86.1 Å². The molecule has 0 spiro atoms. The van der Waals surface area contributed by atoms with E-state index in [1.165, 1.54) is 17.6 Å². The maximum Gasteiger partial charge on any atom is 0.182 e. The van der Waals surface area contributed by atoms with Gasteiger partial charge >= 0.3 is 0 Å². The monoisotopic (exact) mass is 416 g/mol. The van der Waals surface area contributed by atoms with Gasteiger partial charge in [-0.05, 0) is 64.0 Å². The number of hydrogen-bond donors (Lipinski definition) is 0. The summed E-state index contributed by atoms with van der Waals surface area (Å²) in [5, 5.41) is 0. The van der Waals surface area contributed by atoms with Gasteiger partial charge in [-0.3, -0.25) is 0 Å². The largest absolute Gasteiger partial charge is 0.223 e. The van der Waals surface area contributed by atoms with E-state index < -0.39 is 9.84 Å². The van der Waals surface area contributed by atoms with E-state index in [0.717, 1.165) is 11.1 Å². The second kappa shape index (κ2) is 7.55. The molecule has 3 fully saturated rings. The summed E-state index contributed by atoms with van der Waals surface area (Å²) in [6.45, 7) is 19.8. The molecule has 3 aliphatic carbocycles. The summed E-state index contributed by atoms with van der Waals surface area (Å²) in [6, 6.07) is 4.28. The molecule has 2 unspecified atom stereocenters. The molecule has 3 aliphatic rings. The first-order valence-electron chi connectivity index (χ1n) is 11.4. The van der Waals surface area contributed by atoms with Crippen LogP contribution >= 0.6 is 0 Å². The van der Waals surface area contributed by atoms with E-state index in [0.29, 0.717) is 34.0 Å². The zero-order valence-electron chi connectivity index (χ0n) is 19.8. The number of benzene rings is 1. The van der Waals surface area contributed by atoms with Crippen molar-refractivity contribution in [2.75, 3.05) is 5.75 Å². The molecule has 162 valence electrons. The molecule has 3 atom stereocenters. The highest BCUT2D eigenvalue weighted by molar-refractivity contribution is 7.91. The van der Waals surface area contributed by atoms with Crippen molar-refractivity contribution in [1.29, 1.82) is 0 Å². The lowest BCUT2D eigenvalue weighted by Gasteiger charge is -2.44. The van der Waals surface area contributed by atoms with E-state index in [2.05, 4.69) is 80.5 Å². The van der Waals surface area contributed by atoms with Crippen LogP contribution in [0.25, 0.3) is 0 Å². The lowest BCUT2D eigenvalue weighted by molar-refractivity contribution is 0.0463. The number of fused-ring (bicyclic) bond motifs is 1. The Labute approximate surface area is 179 Å². The predicted molar refractivity (Wildman–Crippen MR) is 123 cm³/mol. The molecule has 2 bridgehead atoms. The SMILES string of the molecule is CC(C)c1cc(C(C)C)c(S(=O)(=O)C/C=C2/C3CC([C@H]2C)C3(C)C)c(C(C)C)c1. The maximum absolute atomic E-state index is 13.7. The van der Waals surface area contributed by atoms with Crippen molar-refractivity contribution in [2.45, 2.75) is 91.4 Å². The Kier molecular flexibility index (Phi) is 5.88. The van der Waals surface area contributed by atoms with Crippen molar-refractivity contribution in [2.24, 2.45) is 23.2 Å². The molecule has 1 aromatic carbocycles. The minimum atomic E-state index is -3.38. The highest BCUT2D eigenvalue weighted by atomic mass is 32.2. The average Bonchev–Trinajstić information content (AvgIpc) is 3.06. The zero-order chi connectivity index (χ0) is 21.9. The fourth-order valence-corrected chi connectivity index (χ4v) is 7.68. The molecule has 4 rings (SSSR count). The van der Waals surface area contributed by atoms with Gasteiger partial charge in [0.1, 0.15) is 0 Å². The summed E-state index contributed by atoms with van der Waals surface area (Å²) in [4.78, 5) is 0.598. The standard InChI is InChI=1S/C26H40O2S/c1-15(2)19-12-21(16(3)4)25(22(13-19)17(5)6)29(27,28)11-10-20-18(7)23-14-24(20)26(23,8)9/h10,12-13,15-18,23-24H,11,14H2,1-9H3/b20-10+/t18-,23?,24?/m0/s1. The molecule has 0 N–H and O–H groups in total. The van der Waals surface area contributed by atoms with Gasteiger partial charge in [0, 0.05) is 0 Å². The van der Waals surface area contributed by atoms with Gasteiger partial charge in [-0.25, -0.2) is 8.42 Å². The van der Waals surface area contributed by atoms with E-state index in [1.807, 2.05) is 0 Å². The molecule has 1 aromatic rings. The molecular weight excluding hydrogens is 376 g/mol. The van der Waals surface area contributed by atoms with E-state index in [9.17, 15) is 8.42 Å². The van der Waals surface area contributed by atoms with Crippen LogP contribution in [0.2, 0.25) is 0 Å². The Bertz CT molecular complexity index is 887. The zero-order valence-corrected chi connectivity index (χ0v) is 20.7. The Hall–Kier alpha value is -1.09. The third-order valence-corrected chi connectivity index (χ3v) is 9.50. The number of allylic oxidation sites excluding steroid dienone is 1. The molecule has 3 heteroatoms. The fraction of sp³-hybridized carbons (Fsp3) is 0.692. The fourth-order valence-electron chi connectivity index (χ4n) is 5.79. The van der Waals surface area contributed by atoms with Gasteiger partial charge in [0.15, 0.2) is 9.84 Å². The molecule has 3 saturated carbocycles. The van der Waals surface area contributed by atoms with Gasteiger partial charge in [-0.15, -0.1) is 0 Å². The van der Waals surface area contributed by atoms with Crippen molar-refractivity contribution in [3.8, 4) is 0 Å². The molecule has 0 aliphatic heterocycles. The first-order chi connectivity index (χ1) is 13.3. The molecule has 2 nitrogen and oxygen atoms in total. The quantitative estimate of drug-likeness (QED) is 0.465. The topological polar surface area (TPSA) is 34.1 Å². The minimum absolute atomic E-state index is 0.131. The molecule has 29 heavy (non-hydrogen) atoms. The second-order valence-electron chi connectivity index (χ2n) is 11.0. The van der Waals surface area contributed by atoms with Crippen LogP contribution in [0.15, 0.2) is 28.7 Å². The van der Waals surface area contributed by atoms with E-state index in [1.54, 1.807) is 0 Å². The van der Waals surface area contributed by atoms with Crippen LogP contribution < -0.4 is 0 Å². The molecule has 0 saturated heterocycles. The summed E-state index contributed by atoms with van der Waals surface area (Å²) in [7, 11) is -3.38. The Morgan fingerprint density at radius 2 is 1.52 bits per heavy atom. The van der Waals surface area contributed by atoms with Crippen molar-refractivity contribution in [1.82, 2.24) is 0 Å². The number of hydrogen-bond acceptors (Lipinski definition) is 2. The van der Waals surface area contributed by atoms with Crippen LogP contribution in [0.3, 0.4) is 0 Å². The molecule has 0 amide bonds. The molecule has 0 aromatic heterocycles. The normalized spacial score (nSPS) is 27.3. The van der Waals surface area contributed by atoms with Crippen LogP contribution in [0.4, 0.5) is 0 Å². The lowest BCUT2D eigenvalue weighted by Crippen LogP contribution is -2.38. The summed E-state index contributed by atoms with van der Waals surface area (Å²) >= 11 is 0.